The van der Waals surface area contributed by atoms with Crippen LogP contribution in [0.5, 0.6) is 0 Å². The molecule has 0 atom stereocenters. The molecule has 0 saturated carbocycles. The molecule has 0 aliphatic carbocycles. The van der Waals surface area contributed by atoms with Gasteiger partial charge in [0.25, 0.3) is 5.69 Å². The molecule has 1 aromatic carbocycles. The van der Waals surface area contributed by atoms with Crippen LogP contribution < -0.4 is 4.90 Å². The van der Waals surface area contributed by atoms with Gasteiger partial charge in [-0.15, -0.1) is 12.4 Å². The lowest BCUT2D eigenvalue weighted by atomic mass is 10.0. The zero-order chi connectivity index (χ0) is 11.1. The van der Waals surface area contributed by atoms with Gasteiger partial charge in [-0.1, -0.05) is 0 Å². The van der Waals surface area contributed by atoms with E-state index in [1.54, 1.807) is 12.1 Å². The van der Waals surface area contributed by atoms with Gasteiger partial charge in [-0.05, 0) is 37.8 Å². The number of fused-ring (bicyclic) bond motifs is 2. The van der Waals surface area contributed by atoms with E-state index in [1.165, 1.54) is 25.7 Å². The second-order valence-electron chi connectivity index (χ2n) is 4.64. The molecule has 4 nitrogen and oxygen atoms in total. The van der Waals surface area contributed by atoms with Crippen molar-refractivity contribution in [3.63, 3.8) is 0 Å². The first-order valence-electron chi connectivity index (χ1n) is 5.78. The second-order valence-corrected chi connectivity index (χ2v) is 4.64. The molecular formula is C12H15ClN2O2. The van der Waals surface area contributed by atoms with Crippen molar-refractivity contribution >= 4 is 23.8 Å². The van der Waals surface area contributed by atoms with Crippen LogP contribution in [0.25, 0.3) is 0 Å². The number of hydrogen-bond donors (Lipinski definition) is 0. The molecule has 2 fully saturated rings. The molecule has 2 bridgehead atoms. The Morgan fingerprint density at radius 3 is 1.94 bits per heavy atom. The Bertz CT molecular complexity index is 401. The molecule has 0 aromatic heterocycles. The first kappa shape index (κ1) is 12.2. The summed E-state index contributed by atoms with van der Waals surface area (Å²) in [4.78, 5) is 12.7. The summed E-state index contributed by atoms with van der Waals surface area (Å²) in [5, 5.41) is 10.6. The molecule has 2 aliphatic heterocycles. The van der Waals surface area contributed by atoms with Crippen LogP contribution in [0, 0.1) is 10.1 Å². The summed E-state index contributed by atoms with van der Waals surface area (Å²) in [5.41, 5.74) is 1.32. The smallest absolute Gasteiger partial charge is 0.269 e. The molecule has 17 heavy (non-hydrogen) atoms. The highest BCUT2D eigenvalue weighted by molar-refractivity contribution is 5.85. The van der Waals surface area contributed by atoms with Crippen LogP contribution in [-0.4, -0.2) is 17.0 Å². The van der Waals surface area contributed by atoms with Gasteiger partial charge in [-0.3, -0.25) is 10.1 Å². The average Bonchev–Trinajstić information content (AvgIpc) is 2.88. The van der Waals surface area contributed by atoms with Gasteiger partial charge in [-0.2, -0.15) is 0 Å². The van der Waals surface area contributed by atoms with E-state index in [2.05, 4.69) is 4.90 Å². The van der Waals surface area contributed by atoms with Crippen molar-refractivity contribution < 1.29 is 4.92 Å². The molecule has 2 aliphatic rings. The number of nitro groups is 1. The third-order valence-electron chi connectivity index (χ3n) is 3.81. The molecule has 0 amide bonds. The van der Waals surface area contributed by atoms with Gasteiger partial charge in [0.1, 0.15) is 0 Å². The van der Waals surface area contributed by atoms with Gasteiger partial charge in [-0.25, -0.2) is 0 Å². The SMILES string of the molecule is Cl.O=[N+]([O-])c1ccc(N2C3CCC2CC3)cc1. The summed E-state index contributed by atoms with van der Waals surface area (Å²) < 4.78 is 0. The number of nitrogens with zero attached hydrogens (tertiary/aromatic N) is 2. The van der Waals surface area contributed by atoms with Gasteiger partial charge in [0, 0.05) is 29.9 Å². The van der Waals surface area contributed by atoms with Crippen molar-refractivity contribution in [3.8, 4) is 0 Å². The van der Waals surface area contributed by atoms with Crippen LogP contribution in [0.3, 0.4) is 0 Å². The summed E-state index contributed by atoms with van der Waals surface area (Å²) in [5.74, 6) is 0. The van der Waals surface area contributed by atoms with Crippen LogP contribution in [0.1, 0.15) is 25.7 Å². The maximum Gasteiger partial charge on any atom is 0.269 e. The Hall–Kier alpha value is -1.29. The standard InChI is InChI=1S/C12H14N2O2.ClH/c15-14(16)12-7-5-11(6-8-12)13-9-1-2-10(13)4-3-9;/h5-10H,1-4H2;1H. The van der Waals surface area contributed by atoms with Gasteiger partial charge in [0.05, 0.1) is 4.92 Å². The fourth-order valence-electron chi connectivity index (χ4n) is 3.08. The first-order valence-corrected chi connectivity index (χ1v) is 5.78. The third kappa shape index (κ3) is 1.97. The normalized spacial score (nSPS) is 25.8. The number of rotatable bonds is 2. The molecule has 0 N–H and O–H groups in total. The maximum absolute atomic E-state index is 10.6. The molecule has 0 radical (unpaired) electrons. The van der Waals surface area contributed by atoms with E-state index >= 15 is 0 Å². The van der Waals surface area contributed by atoms with E-state index < -0.39 is 0 Å². The maximum atomic E-state index is 10.6. The van der Waals surface area contributed by atoms with E-state index in [4.69, 9.17) is 0 Å². The Kier molecular flexibility index (Phi) is 3.24. The highest BCUT2D eigenvalue weighted by Gasteiger charge is 2.39. The number of hydrogen-bond acceptors (Lipinski definition) is 3. The lowest BCUT2D eigenvalue weighted by molar-refractivity contribution is -0.384. The first-order chi connectivity index (χ1) is 7.75. The Balaban J connectivity index is 0.00000108. The topological polar surface area (TPSA) is 46.4 Å². The van der Waals surface area contributed by atoms with Crippen LogP contribution in [0.15, 0.2) is 24.3 Å². The van der Waals surface area contributed by atoms with Crippen molar-refractivity contribution in [1.82, 2.24) is 0 Å². The fourth-order valence-corrected chi connectivity index (χ4v) is 3.08. The molecule has 92 valence electrons. The van der Waals surface area contributed by atoms with Crippen LogP contribution in [0.4, 0.5) is 11.4 Å². The predicted octanol–water partition coefficient (Wildman–Crippen LogP) is 3.15. The van der Waals surface area contributed by atoms with E-state index in [9.17, 15) is 10.1 Å². The third-order valence-corrected chi connectivity index (χ3v) is 3.81. The largest absolute Gasteiger partial charge is 0.366 e. The number of anilines is 1. The number of benzene rings is 1. The molecule has 5 heteroatoms. The number of non-ortho nitro benzene ring substituents is 1. The van der Waals surface area contributed by atoms with Crippen molar-refractivity contribution in [1.29, 1.82) is 0 Å². The second kappa shape index (κ2) is 4.53. The van der Waals surface area contributed by atoms with Gasteiger partial charge >= 0.3 is 0 Å². The van der Waals surface area contributed by atoms with Crippen molar-refractivity contribution in [2.24, 2.45) is 0 Å². The Labute approximate surface area is 106 Å². The molecule has 2 saturated heterocycles. The Morgan fingerprint density at radius 2 is 1.53 bits per heavy atom. The van der Waals surface area contributed by atoms with Gasteiger partial charge < -0.3 is 4.90 Å². The van der Waals surface area contributed by atoms with E-state index in [1.807, 2.05) is 12.1 Å². The summed E-state index contributed by atoms with van der Waals surface area (Å²) in [7, 11) is 0. The van der Waals surface area contributed by atoms with E-state index in [0.717, 1.165) is 5.69 Å². The summed E-state index contributed by atoms with van der Waals surface area (Å²) in [6.45, 7) is 0. The summed E-state index contributed by atoms with van der Waals surface area (Å²) in [6.07, 6.45) is 5.12. The highest BCUT2D eigenvalue weighted by atomic mass is 35.5. The molecule has 3 rings (SSSR count). The number of halogens is 1. The molecule has 0 unspecified atom stereocenters. The zero-order valence-electron chi connectivity index (χ0n) is 9.41. The molecule has 2 heterocycles. The molecule has 0 spiro atoms. The van der Waals surface area contributed by atoms with Crippen molar-refractivity contribution in [2.75, 3.05) is 4.90 Å². The Morgan fingerprint density at radius 1 is 1.06 bits per heavy atom. The minimum absolute atomic E-state index is 0. The predicted molar refractivity (Wildman–Crippen MR) is 68.9 cm³/mol. The van der Waals surface area contributed by atoms with E-state index in [0.29, 0.717) is 12.1 Å². The van der Waals surface area contributed by atoms with Crippen molar-refractivity contribution in [3.05, 3.63) is 34.4 Å². The lowest BCUT2D eigenvalue weighted by Crippen LogP contribution is -2.27. The van der Waals surface area contributed by atoms with Crippen LogP contribution in [0.2, 0.25) is 0 Å². The number of nitro benzene ring substituents is 1. The quantitative estimate of drug-likeness (QED) is 0.602. The van der Waals surface area contributed by atoms with Gasteiger partial charge in [0.2, 0.25) is 0 Å². The molecular weight excluding hydrogens is 240 g/mol. The van der Waals surface area contributed by atoms with Crippen LogP contribution >= 0.6 is 12.4 Å². The monoisotopic (exact) mass is 254 g/mol. The molecule has 1 aromatic rings. The van der Waals surface area contributed by atoms with Crippen molar-refractivity contribution in [2.45, 2.75) is 37.8 Å². The van der Waals surface area contributed by atoms with Gasteiger partial charge in [0.15, 0.2) is 0 Å². The summed E-state index contributed by atoms with van der Waals surface area (Å²) in [6, 6.07) is 8.32. The fraction of sp³-hybridized carbons (Fsp3) is 0.500. The average molecular weight is 255 g/mol. The lowest BCUT2D eigenvalue weighted by Gasteiger charge is -2.24. The summed E-state index contributed by atoms with van der Waals surface area (Å²) >= 11 is 0. The minimum Gasteiger partial charge on any atom is -0.366 e. The van der Waals surface area contributed by atoms with E-state index in [-0.39, 0.29) is 23.0 Å². The minimum atomic E-state index is -0.345. The van der Waals surface area contributed by atoms with Crippen LogP contribution in [-0.2, 0) is 0 Å². The zero-order valence-corrected chi connectivity index (χ0v) is 10.2. The highest BCUT2D eigenvalue weighted by Crippen LogP contribution is 2.41.